The van der Waals surface area contributed by atoms with E-state index in [1.54, 1.807) is 12.2 Å². The topological polar surface area (TPSA) is 121 Å². The number of carboxylic acids is 1. The van der Waals surface area contributed by atoms with Crippen molar-refractivity contribution in [3.63, 3.8) is 0 Å². The second-order valence-corrected chi connectivity index (χ2v) is 5.29. The molecule has 1 aliphatic heterocycles. The van der Waals surface area contributed by atoms with Gasteiger partial charge in [-0.25, -0.2) is 0 Å². The van der Waals surface area contributed by atoms with Crippen LogP contribution in [0, 0.1) is 11.8 Å². The zero-order valence-electron chi connectivity index (χ0n) is 10.9. The average molecular weight is 282 g/mol. The summed E-state index contributed by atoms with van der Waals surface area (Å²) in [6.07, 6.45) is 3.46. The molecule has 1 aliphatic carbocycles. The van der Waals surface area contributed by atoms with E-state index >= 15 is 0 Å². The van der Waals surface area contributed by atoms with E-state index in [0.717, 1.165) is 0 Å². The molecule has 0 spiro atoms. The van der Waals surface area contributed by atoms with Crippen LogP contribution in [0.4, 0.5) is 0 Å². The predicted molar refractivity (Wildman–Crippen MR) is 68.3 cm³/mol. The fourth-order valence-electron chi connectivity index (χ4n) is 2.90. The summed E-state index contributed by atoms with van der Waals surface area (Å²) in [5.41, 5.74) is 5.24. The maximum Gasteiger partial charge on any atom is 0.307 e. The molecule has 0 saturated carbocycles. The van der Waals surface area contributed by atoms with Gasteiger partial charge in [0.25, 0.3) is 0 Å². The van der Waals surface area contributed by atoms with E-state index in [1.807, 2.05) is 0 Å². The number of aliphatic carboxylic acids is 1. The molecule has 0 aromatic carbocycles. The van der Waals surface area contributed by atoms with Gasteiger partial charge in [0.05, 0.1) is 17.9 Å². The molecule has 1 heterocycles. The van der Waals surface area contributed by atoms with E-state index in [2.05, 4.69) is 0 Å². The Morgan fingerprint density at radius 2 is 1.75 bits per heavy atom. The smallest absolute Gasteiger partial charge is 0.307 e. The summed E-state index contributed by atoms with van der Waals surface area (Å²) in [5, 5.41) is 18.8. The van der Waals surface area contributed by atoms with Crippen LogP contribution in [0.15, 0.2) is 12.2 Å². The van der Waals surface area contributed by atoms with E-state index in [0.29, 0.717) is 12.8 Å². The number of carbonyl (C=O) groups excluding carboxylic acids is 2. The zero-order valence-corrected chi connectivity index (χ0v) is 10.9. The molecule has 0 bridgehead atoms. The molecule has 2 amide bonds. The number of carboxylic acid groups (broad SMARTS) is 1. The van der Waals surface area contributed by atoms with Crippen molar-refractivity contribution in [1.29, 1.82) is 0 Å². The number of rotatable bonds is 3. The van der Waals surface area contributed by atoms with Crippen molar-refractivity contribution < 1.29 is 24.6 Å². The molecule has 20 heavy (non-hydrogen) atoms. The quantitative estimate of drug-likeness (QED) is 0.579. The van der Waals surface area contributed by atoms with Gasteiger partial charge < -0.3 is 20.8 Å². The Bertz CT molecular complexity index is 462. The Labute approximate surface area is 116 Å². The predicted octanol–water partition coefficient (Wildman–Crippen LogP) is -0.899. The first-order valence-corrected chi connectivity index (χ1v) is 6.57. The van der Waals surface area contributed by atoms with Gasteiger partial charge in [0.1, 0.15) is 6.04 Å². The molecule has 4 atom stereocenters. The van der Waals surface area contributed by atoms with Crippen LogP contribution >= 0.6 is 0 Å². The van der Waals surface area contributed by atoms with Crippen LogP contribution in [-0.2, 0) is 14.4 Å². The Morgan fingerprint density at radius 1 is 1.15 bits per heavy atom. The highest BCUT2D eigenvalue weighted by Gasteiger charge is 2.43. The highest BCUT2D eigenvalue weighted by molar-refractivity contribution is 5.90. The number of aliphatic hydroxyl groups is 1. The summed E-state index contributed by atoms with van der Waals surface area (Å²) in [7, 11) is 0. The molecule has 2 aliphatic rings. The monoisotopic (exact) mass is 282 g/mol. The number of primary amides is 1. The molecular formula is C13H18N2O5. The largest absolute Gasteiger partial charge is 0.481 e. The number of allylic oxidation sites excluding steroid dienone is 2. The molecule has 1 fully saturated rings. The Hall–Kier alpha value is -1.89. The molecule has 0 radical (unpaired) electrons. The van der Waals surface area contributed by atoms with E-state index < -0.39 is 41.8 Å². The first-order valence-electron chi connectivity index (χ1n) is 6.57. The van der Waals surface area contributed by atoms with Gasteiger partial charge in [-0.1, -0.05) is 12.2 Å². The Balaban J connectivity index is 2.19. The van der Waals surface area contributed by atoms with Crippen molar-refractivity contribution in [1.82, 2.24) is 4.90 Å². The number of nitrogens with two attached hydrogens (primary N) is 1. The van der Waals surface area contributed by atoms with Crippen LogP contribution in [0.1, 0.15) is 19.3 Å². The Kier molecular flexibility index (Phi) is 4.08. The number of amides is 2. The number of hydrogen-bond acceptors (Lipinski definition) is 4. The SMILES string of the molecule is NC(=O)C1CC(O)CN1C(=O)C1CC=CCC1C(=O)O. The van der Waals surface area contributed by atoms with Crippen molar-refractivity contribution in [3.05, 3.63) is 12.2 Å². The molecule has 110 valence electrons. The van der Waals surface area contributed by atoms with Crippen LogP contribution in [0.5, 0.6) is 0 Å². The lowest BCUT2D eigenvalue weighted by Crippen LogP contribution is -2.48. The normalized spacial score (nSPS) is 33.1. The Morgan fingerprint density at radius 3 is 2.30 bits per heavy atom. The summed E-state index contributed by atoms with van der Waals surface area (Å²) in [4.78, 5) is 36.3. The number of hydrogen-bond donors (Lipinski definition) is 3. The molecule has 7 nitrogen and oxygen atoms in total. The lowest BCUT2D eigenvalue weighted by atomic mass is 9.82. The van der Waals surface area contributed by atoms with Crippen LogP contribution < -0.4 is 5.73 Å². The second-order valence-electron chi connectivity index (χ2n) is 5.29. The number of likely N-dealkylation sites (tertiary alicyclic amines) is 1. The zero-order chi connectivity index (χ0) is 14.9. The molecular weight excluding hydrogens is 264 g/mol. The van der Waals surface area contributed by atoms with E-state index in [1.165, 1.54) is 4.90 Å². The van der Waals surface area contributed by atoms with Gasteiger partial charge in [0.15, 0.2) is 0 Å². The van der Waals surface area contributed by atoms with Gasteiger partial charge in [0.2, 0.25) is 11.8 Å². The third-order valence-electron chi connectivity index (χ3n) is 3.96. The summed E-state index contributed by atoms with van der Waals surface area (Å²) in [5.74, 6) is -3.61. The molecule has 0 aromatic heterocycles. The molecule has 4 N–H and O–H groups in total. The van der Waals surface area contributed by atoms with Crippen molar-refractivity contribution in [2.45, 2.75) is 31.4 Å². The van der Waals surface area contributed by atoms with Crippen LogP contribution in [-0.4, -0.2) is 51.6 Å². The summed E-state index contributed by atoms with van der Waals surface area (Å²) >= 11 is 0. The van der Waals surface area contributed by atoms with Gasteiger partial charge in [-0.15, -0.1) is 0 Å². The van der Waals surface area contributed by atoms with Gasteiger partial charge >= 0.3 is 5.97 Å². The van der Waals surface area contributed by atoms with E-state index in [9.17, 15) is 24.6 Å². The number of carbonyl (C=O) groups is 3. The summed E-state index contributed by atoms with van der Waals surface area (Å²) in [6.45, 7) is 0.0268. The second kappa shape index (κ2) is 5.62. The van der Waals surface area contributed by atoms with Crippen molar-refractivity contribution in [2.24, 2.45) is 17.6 Å². The molecule has 4 unspecified atom stereocenters. The molecule has 0 aromatic rings. The molecule has 7 heteroatoms. The van der Waals surface area contributed by atoms with Crippen LogP contribution in [0.3, 0.4) is 0 Å². The standard InChI is InChI=1S/C13H18N2O5/c14-11(17)10-5-7(16)6-15(10)12(18)8-3-1-2-4-9(8)13(19)20/h1-2,7-10,16H,3-6H2,(H2,14,17)(H,19,20). The average Bonchev–Trinajstić information content (AvgIpc) is 2.80. The van der Waals surface area contributed by atoms with Crippen molar-refractivity contribution >= 4 is 17.8 Å². The fraction of sp³-hybridized carbons (Fsp3) is 0.615. The van der Waals surface area contributed by atoms with E-state index in [-0.39, 0.29) is 13.0 Å². The van der Waals surface area contributed by atoms with Crippen molar-refractivity contribution in [3.8, 4) is 0 Å². The highest BCUT2D eigenvalue weighted by Crippen LogP contribution is 2.30. The first kappa shape index (κ1) is 14.5. The van der Waals surface area contributed by atoms with Gasteiger partial charge in [-0.2, -0.15) is 0 Å². The summed E-state index contributed by atoms with van der Waals surface area (Å²) in [6, 6.07) is -0.849. The first-order chi connectivity index (χ1) is 9.41. The van der Waals surface area contributed by atoms with Crippen LogP contribution in [0.2, 0.25) is 0 Å². The van der Waals surface area contributed by atoms with Gasteiger partial charge in [-0.05, 0) is 12.8 Å². The van der Waals surface area contributed by atoms with Gasteiger partial charge in [-0.3, -0.25) is 14.4 Å². The number of aliphatic hydroxyl groups excluding tert-OH is 1. The minimum Gasteiger partial charge on any atom is -0.481 e. The highest BCUT2D eigenvalue weighted by atomic mass is 16.4. The maximum absolute atomic E-state index is 12.5. The minimum absolute atomic E-state index is 0.0268. The number of β-amino-alcohol motifs (C(OH)–C–C–N with tert-alkyl or cyclic N) is 1. The maximum atomic E-state index is 12.5. The molecule has 2 rings (SSSR count). The van der Waals surface area contributed by atoms with Crippen LogP contribution in [0.25, 0.3) is 0 Å². The minimum atomic E-state index is -1.02. The fourth-order valence-corrected chi connectivity index (χ4v) is 2.90. The number of nitrogens with zero attached hydrogens (tertiary/aromatic N) is 1. The molecule has 1 saturated heterocycles. The summed E-state index contributed by atoms with van der Waals surface area (Å²) < 4.78 is 0. The third kappa shape index (κ3) is 2.67. The van der Waals surface area contributed by atoms with Crippen molar-refractivity contribution in [2.75, 3.05) is 6.54 Å². The lowest BCUT2D eigenvalue weighted by molar-refractivity contribution is -0.151. The van der Waals surface area contributed by atoms with E-state index in [4.69, 9.17) is 5.73 Å². The third-order valence-corrected chi connectivity index (χ3v) is 3.96. The van der Waals surface area contributed by atoms with Gasteiger partial charge in [0, 0.05) is 13.0 Å². The lowest BCUT2D eigenvalue weighted by Gasteiger charge is -2.30.